The summed E-state index contributed by atoms with van der Waals surface area (Å²) in [6.07, 6.45) is 2.39. The largest absolute Gasteiger partial charge is 0.354 e. The second-order valence-corrected chi connectivity index (χ2v) is 5.84. The van der Waals surface area contributed by atoms with E-state index in [0.29, 0.717) is 11.9 Å². The molecule has 1 N–H and O–H groups in total. The molecule has 0 unspecified atom stereocenters. The third-order valence-electron chi connectivity index (χ3n) is 3.35. The minimum atomic E-state index is -0.225. The van der Waals surface area contributed by atoms with Crippen molar-refractivity contribution in [1.82, 2.24) is 15.1 Å². The summed E-state index contributed by atoms with van der Waals surface area (Å²) in [5.41, 5.74) is 0.940. The van der Waals surface area contributed by atoms with Crippen LogP contribution in [0, 0.1) is 0 Å². The first-order valence-corrected chi connectivity index (χ1v) is 7.86. The Bertz CT molecular complexity index is 839. The van der Waals surface area contributed by atoms with Gasteiger partial charge < -0.3 is 5.32 Å². The SMILES string of the molecule is O=C(Cn1ncc2sccc2c1=O)NCCc1ccccc1. The Labute approximate surface area is 131 Å². The highest BCUT2D eigenvalue weighted by Gasteiger charge is 2.08. The number of aromatic nitrogens is 2. The fraction of sp³-hybridized carbons (Fsp3) is 0.188. The van der Waals surface area contributed by atoms with Crippen molar-refractivity contribution >= 4 is 27.3 Å². The van der Waals surface area contributed by atoms with Crippen LogP contribution >= 0.6 is 11.3 Å². The van der Waals surface area contributed by atoms with Crippen LogP contribution in [-0.2, 0) is 17.8 Å². The Morgan fingerprint density at radius 1 is 1.23 bits per heavy atom. The van der Waals surface area contributed by atoms with E-state index in [2.05, 4.69) is 10.4 Å². The van der Waals surface area contributed by atoms with E-state index in [-0.39, 0.29) is 18.0 Å². The van der Waals surface area contributed by atoms with E-state index in [1.54, 1.807) is 12.3 Å². The second kappa shape index (κ2) is 6.53. The number of nitrogens with one attached hydrogen (secondary N) is 1. The predicted octanol–water partition coefficient (Wildman–Crippen LogP) is 1.82. The Morgan fingerprint density at radius 2 is 2.05 bits per heavy atom. The first-order valence-electron chi connectivity index (χ1n) is 6.98. The highest BCUT2D eigenvalue weighted by Crippen LogP contribution is 2.14. The number of rotatable bonds is 5. The van der Waals surface area contributed by atoms with Gasteiger partial charge in [0.15, 0.2) is 0 Å². The van der Waals surface area contributed by atoms with Crippen LogP contribution in [-0.4, -0.2) is 22.2 Å². The van der Waals surface area contributed by atoms with Gasteiger partial charge in [0.1, 0.15) is 6.54 Å². The van der Waals surface area contributed by atoms with Crippen LogP contribution in [0.25, 0.3) is 10.1 Å². The molecule has 0 bridgehead atoms. The van der Waals surface area contributed by atoms with Gasteiger partial charge in [-0.1, -0.05) is 30.3 Å². The highest BCUT2D eigenvalue weighted by atomic mass is 32.1. The number of carbonyl (C=O) groups is 1. The van der Waals surface area contributed by atoms with Gasteiger partial charge in [0, 0.05) is 6.54 Å². The topological polar surface area (TPSA) is 64.0 Å². The molecule has 112 valence electrons. The molecular weight excluding hydrogens is 298 g/mol. The molecule has 0 aliphatic rings. The minimum absolute atomic E-state index is 0.0561. The van der Waals surface area contributed by atoms with Crippen molar-refractivity contribution in [2.24, 2.45) is 0 Å². The maximum absolute atomic E-state index is 12.1. The van der Waals surface area contributed by atoms with Crippen LogP contribution in [0.15, 0.2) is 52.8 Å². The maximum atomic E-state index is 12.1. The van der Waals surface area contributed by atoms with Crippen molar-refractivity contribution in [3.8, 4) is 0 Å². The first-order chi connectivity index (χ1) is 10.7. The summed E-state index contributed by atoms with van der Waals surface area (Å²) in [6.45, 7) is 0.484. The maximum Gasteiger partial charge on any atom is 0.275 e. The third kappa shape index (κ3) is 3.23. The smallest absolute Gasteiger partial charge is 0.275 e. The molecule has 3 rings (SSSR count). The Kier molecular flexibility index (Phi) is 4.29. The average molecular weight is 313 g/mol. The lowest BCUT2D eigenvalue weighted by Crippen LogP contribution is -2.34. The summed E-state index contributed by atoms with van der Waals surface area (Å²) < 4.78 is 2.04. The van der Waals surface area contributed by atoms with E-state index in [0.717, 1.165) is 16.7 Å². The molecule has 22 heavy (non-hydrogen) atoms. The van der Waals surface area contributed by atoms with Crippen LogP contribution in [0.1, 0.15) is 5.56 Å². The van der Waals surface area contributed by atoms with Gasteiger partial charge in [-0.25, -0.2) is 4.68 Å². The first kappa shape index (κ1) is 14.5. The average Bonchev–Trinajstić information content (AvgIpc) is 3.01. The number of carbonyl (C=O) groups excluding carboxylic acids is 1. The summed E-state index contributed by atoms with van der Waals surface area (Å²) in [5.74, 6) is -0.208. The number of fused-ring (bicyclic) bond motifs is 1. The number of thiophene rings is 1. The van der Waals surface area contributed by atoms with Crippen molar-refractivity contribution in [3.63, 3.8) is 0 Å². The van der Waals surface area contributed by atoms with Crippen LogP contribution in [0.5, 0.6) is 0 Å². The fourth-order valence-electron chi connectivity index (χ4n) is 2.21. The normalized spacial score (nSPS) is 10.7. The van der Waals surface area contributed by atoms with Gasteiger partial charge in [-0.2, -0.15) is 5.10 Å². The van der Waals surface area contributed by atoms with Gasteiger partial charge in [-0.05, 0) is 23.4 Å². The molecule has 3 aromatic rings. The molecule has 0 fully saturated rings. The Balaban J connectivity index is 1.59. The molecule has 0 saturated carbocycles. The molecule has 1 aromatic carbocycles. The minimum Gasteiger partial charge on any atom is -0.354 e. The molecule has 1 amide bonds. The lowest BCUT2D eigenvalue weighted by Gasteiger charge is -2.06. The van der Waals surface area contributed by atoms with E-state index in [4.69, 9.17) is 0 Å². The van der Waals surface area contributed by atoms with Gasteiger partial charge in [-0.15, -0.1) is 11.3 Å². The van der Waals surface area contributed by atoms with E-state index >= 15 is 0 Å². The molecule has 0 atom stereocenters. The van der Waals surface area contributed by atoms with Gasteiger partial charge in [0.2, 0.25) is 5.91 Å². The molecule has 0 aliphatic carbocycles. The molecule has 2 heterocycles. The van der Waals surface area contributed by atoms with Crippen LogP contribution < -0.4 is 10.9 Å². The van der Waals surface area contributed by atoms with Gasteiger partial charge >= 0.3 is 0 Å². The Hall–Kier alpha value is -2.47. The van der Waals surface area contributed by atoms with Gasteiger partial charge in [-0.3, -0.25) is 9.59 Å². The third-order valence-corrected chi connectivity index (χ3v) is 4.20. The Morgan fingerprint density at radius 3 is 2.86 bits per heavy atom. The monoisotopic (exact) mass is 313 g/mol. The van der Waals surface area contributed by atoms with Crippen molar-refractivity contribution in [2.45, 2.75) is 13.0 Å². The number of benzene rings is 1. The van der Waals surface area contributed by atoms with Crippen molar-refractivity contribution in [1.29, 1.82) is 0 Å². The van der Waals surface area contributed by atoms with Crippen molar-refractivity contribution < 1.29 is 4.79 Å². The second-order valence-electron chi connectivity index (χ2n) is 4.89. The zero-order valence-corrected chi connectivity index (χ0v) is 12.7. The quantitative estimate of drug-likeness (QED) is 0.781. The molecule has 0 saturated heterocycles. The van der Waals surface area contributed by atoms with E-state index in [9.17, 15) is 9.59 Å². The van der Waals surface area contributed by atoms with Gasteiger partial charge in [0.05, 0.1) is 16.3 Å². The lowest BCUT2D eigenvalue weighted by molar-refractivity contribution is -0.121. The van der Waals surface area contributed by atoms with Crippen LogP contribution in [0.4, 0.5) is 0 Å². The zero-order valence-electron chi connectivity index (χ0n) is 11.9. The predicted molar refractivity (Wildman–Crippen MR) is 87.0 cm³/mol. The summed E-state index contributed by atoms with van der Waals surface area (Å²) in [4.78, 5) is 24.1. The van der Waals surface area contributed by atoms with E-state index < -0.39 is 0 Å². The molecule has 0 spiro atoms. The molecule has 2 aromatic heterocycles. The van der Waals surface area contributed by atoms with E-state index in [1.165, 1.54) is 16.0 Å². The molecule has 5 nitrogen and oxygen atoms in total. The van der Waals surface area contributed by atoms with Crippen LogP contribution in [0.3, 0.4) is 0 Å². The molecule has 6 heteroatoms. The molecule has 0 radical (unpaired) electrons. The standard InChI is InChI=1S/C16H15N3O2S/c20-15(17-8-6-12-4-2-1-3-5-12)11-19-16(21)13-7-9-22-14(13)10-18-19/h1-5,7,9-10H,6,8,11H2,(H,17,20). The molecular formula is C16H15N3O2S. The van der Waals surface area contributed by atoms with Crippen molar-refractivity contribution in [3.05, 3.63) is 63.9 Å². The summed E-state index contributed by atoms with van der Waals surface area (Å²) >= 11 is 1.46. The summed E-state index contributed by atoms with van der Waals surface area (Å²) in [5, 5.41) is 9.30. The highest BCUT2D eigenvalue weighted by molar-refractivity contribution is 7.17. The fourth-order valence-corrected chi connectivity index (χ4v) is 2.95. The van der Waals surface area contributed by atoms with Crippen LogP contribution in [0.2, 0.25) is 0 Å². The zero-order chi connectivity index (χ0) is 15.4. The van der Waals surface area contributed by atoms with E-state index in [1.807, 2.05) is 35.7 Å². The number of nitrogens with zero attached hydrogens (tertiary/aromatic N) is 2. The van der Waals surface area contributed by atoms with Crippen molar-refractivity contribution in [2.75, 3.05) is 6.54 Å². The number of hydrogen-bond donors (Lipinski definition) is 1. The molecule has 0 aliphatic heterocycles. The van der Waals surface area contributed by atoms with Gasteiger partial charge in [0.25, 0.3) is 5.56 Å². The summed E-state index contributed by atoms with van der Waals surface area (Å²) in [7, 11) is 0. The number of hydrogen-bond acceptors (Lipinski definition) is 4. The lowest BCUT2D eigenvalue weighted by atomic mass is 10.1. The summed E-state index contributed by atoms with van der Waals surface area (Å²) in [6, 6.07) is 11.7. The number of amides is 1.